The molecule has 1 aromatic rings. The van der Waals surface area contributed by atoms with Crippen LogP contribution >= 0.6 is 0 Å². The molecule has 0 saturated carbocycles. The van der Waals surface area contributed by atoms with E-state index in [-0.39, 0.29) is 3.71 Å². The second-order valence-electron chi connectivity index (χ2n) is 3.94. The Morgan fingerprint density at radius 2 is 1.36 bits per heavy atom. The Hall–Kier alpha value is -0.331. The average molecular weight is 314 g/mol. The summed E-state index contributed by atoms with van der Waals surface area (Å²) in [5.41, 5.74) is 0. The molecular weight excluding hydrogens is 305 g/mol. The van der Waals surface area contributed by atoms with Crippen molar-refractivity contribution in [3.05, 3.63) is 23.4 Å². The molecular formula is C8H9F4NSn. The van der Waals surface area contributed by atoms with Crippen molar-refractivity contribution >= 4 is 22.1 Å². The zero-order chi connectivity index (χ0) is 11.1. The molecule has 1 rings (SSSR count). The fourth-order valence-corrected chi connectivity index (χ4v) is 4.41. The summed E-state index contributed by atoms with van der Waals surface area (Å²) in [5, 5.41) is 0. The third-order valence-corrected chi connectivity index (χ3v) is 6.70. The van der Waals surface area contributed by atoms with Crippen molar-refractivity contribution in [1.82, 2.24) is 4.98 Å². The minimum atomic E-state index is -3.02. The van der Waals surface area contributed by atoms with Crippen LogP contribution in [0.2, 0.25) is 14.8 Å². The molecule has 0 spiro atoms. The first-order valence-electron chi connectivity index (χ1n) is 3.95. The second-order valence-corrected chi connectivity index (χ2v) is 18.1. The van der Waals surface area contributed by atoms with Crippen LogP contribution in [0, 0.1) is 23.4 Å². The van der Waals surface area contributed by atoms with Crippen molar-refractivity contribution < 1.29 is 17.6 Å². The number of rotatable bonds is 1. The van der Waals surface area contributed by atoms with Crippen LogP contribution in [0.1, 0.15) is 0 Å². The van der Waals surface area contributed by atoms with Gasteiger partial charge in [0.25, 0.3) is 0 Å². The van der Waals surface area contributed by atoms with Gasteiger partial charge < -0.3 is 0 Å². The van der Waals surface area contributed by atoms with E-state index in [9.17, 15) is 17.6 Å². The first-order valence-corrected chi connectivity index (χ1v) is 13.9. The van der Waals surface area contributed by atoms with Crippen LogP contribution in [-0.4, -0.2) is 23.4 Å². The molecule has 14 heavy (non-hydrogen) atoms. The number of hydrogen-bond donors (Lipinski definition) is 0. The monoisotopic (exact) mass is 315 g/mol. The molecule has 0 bridgehead atoms. The topological polar surface area (TPSA) is 12.9 Å². The summed E-state index contributed by atoms with van der Waals surface area (Å²) in [4.78, 5) is 8.34. The Labute approximate surface area is 83.0 Å². The quantitative estimate of drug-likeness (QED) is 0.440. The molecule has 0 atom stereocenters. The molecule has 0 amide bonds. The molecule has 0 saturated heterocycles. The number of pyridine rings is 1. The van der Waals surface area contributed by atoms with Gasteiger partial charge in [0.1, 0.15) is 0 Å². The number of nitrogens with zero attached hydrogens (tertiary/aromatic N) is 1. The Bertz CT molecular complexity index is 373. The van der Waals surface area contributed by atoms with Gasteiger partial charge in [0.15, 0.2) is 0 Å². The van der Waals surface area contributed by atoms with Crippen LogP contribution < -0.4 is 3.71 Å². The minimum absolute atomic E-state index is 0.212. The first-order chi connectivity index (χ1) is 6.25. The van der Waals surface area contributed by atoms with Gasteiger partial charge in [-0.2, -0.15) is 0 Å². The van der Waals surface area contributed by atoms with Gasteiger partial charge in [-0.1, -0.05) is 0 Å². The summed E-state index contributed by atoms with van der Waals surface area (Å²) in [5.74, 6) is -6.52. The maximum absolute atomic E-state index is 13.1. The number of hydrogen-bond acceptors (Lipinski definition) is 1. The van der Waals surface area contributed by atoms with Gasteiger partial charge in [0.2, 0.25) is 0 Å². The van der Waals surface area contributed by atoms with Gasteiger partial charge in [-0.25, -0.2) is 0 Å². The summed E-state index contributed by atoms with van der Waals surface area (Å²) < 4.78 is 50.9. The molecule has 0 aliphatic rings. The molecule has 0 N–H and O–H groups in total. The molecule has 1 nitrogen and oxygen atoms in total. The van der Waals surface area contributed by atoms with E-state index in [4.69, 9.17) is 0 Å². The van der Waals surface area contributed by atoms with E-state index in [1.165, 1.54) is 0 Å². The van der Waals surface area contributed by atoms with Crippen molar-refractivity contribution in [3.8, 4) is 0 Å². The van der Waals surface area contributed by atoms with Gasteiger partial charge in [-0.05, 0) is 0 Å². The summed E-state index contributed by atoms with van der Waals surface area (Å²) in [7, 11) is 0. The predicted octanol–water partition coefficient (Wildman–Crippen LogP) is 2.18. The van der Waals surface area contributed by atoms with Gasteiger partial charge in [0.05, 0.1) is 0 Å². The molecule has 78 valence electrons. The Morgan fingerprint density at radius 3 is 1.79 bits per heavy atom. The molecule has 0 aliphatic heterocycles. The van der Waals surface area contributed by atoms with Crippen LogP contribution in [-0.2, 0) is 0 Å². The van der Waals surface area contributed by atoms with Crippen molar-refractivity contribution in [2.24, 2.45) is 0 Å². The Kier molecular flexibility index (Phi) is 3.08. The van der Waals surface area contributed by atoms with Crippen LogP contribution in [0.25, 0.3) is 0 Å². The van der Waals surface area contributed by atoms with Crippen molar-refractivity contribution in [1.29, 1.82) is 0 Å². The first kappa shape index (κ1) is 11.7. The van der Waals surface area contributed by atoms with Crippen molar-refractivity contribution in [2.75, 3.05) is 0 Å². The fraction of sp³-hybridized carbons (Fsp3) is 0.375. The van der Waals surface area contributed by atoms with Crippen molar-refractivity contribution in [3.63, 3.8) is 0 Å². The molecule has 1 heterocycles. The molecule has 1 aromatic heterocycles. The van der Waals surface area contributed by atoms with E-state index in [0.29, 0.717) is 0 Å². The molecule has 0 aromatic carbocycles. The SMILES string of the molecule is [CH3][Sn]([CH3])([CH3])[c]1nc(F)c(F)c(F)c1F. The average Bonchev–Trinajstić information content (AvgIpc) is 2.06. The summed E-state index contributed by atoms with van der Waals surface area (Å²) in [6.45, 7) is 0. The zero-order valence-electron chi connectivity index (χ0n) is 7.96. The molecule has 0 unspecified atom stereocenters. The van der Waals surface area contributed by atoms with E-state index < -0.39 is 41.8 Å². The Morgan fingerprint density at radius 1 is 0.857 bits per heavy atom. The normalized spacial score (nSPS) is 11.9. The third-order valence-electron chi connectivity index (χ3n) is 1.69. The third kappa shape index (κ3) is 2.02. The molecule has 0 aliphatic carbocycles. The number of halogens is 4. The van der Waals surface area contributed by atoms with Crippen molar-refractivity contribution in [2.45, 2.75) is 14.8 Å². The van der Waals surface area contributed by atoms with Crippen LogP contribution in [0.15, 0.2) is 0 Å². The van der Waals surface area contributed by atoms with Crippen LogP contribution in [0.5, 0.6) is 0 Å². The van der Waals surface area contributed by atoms with Gasteiger partial charge >= 0.3 is 82.9 Å². The molecule has 6 heteroatoms. The van der Waals surface area contributed by atoms with E-state index in [2.05, 4.69) is 4.98 Å². The standard InChI is InChI=1S/C5F4N.3CH3.Sn/c6-2-1-10-5(9)4(8)3(2)7;;;;/h;3*1H3;. The van der Waals surface area contributed by atoms with Gasteiger partial charge in [-0.3, -0.25) is 0 Å². The van der Waals surface area contributed by atoms with Crippen LogP contribution in [0.3, 0.4) is 0 Å². The predicted molar refractivity (Wildman–Crippen MR) is 47.0 cm³/mol. The van der Waals surface area contributed by atoms with E-state index >= 15 is 0 Å². The molecule has 0 fully saturated rings. The maximum atomic E-state index is 13.1. The summed E-state index contributed by atoms with van der Waals surface area (Å²) in [6.07, 6.45) is 0. The van der Waals surface area contributed by atoms with Gasteiger partial charge in [-0.15, -0.1) is 0 Å². The summed E-state index contributed by atoms with van der Waals surface area (Å²) in [6, 6.07) is 0. The van der Waals surface area contributed by atoms with Gasteiger partial charge in [0, 0.05) is 0 Å². The second kappa shape index (κ2) is 3.67. The summed E-state index contributed by atoms with van der Waals surface area (Å²) >= 11 is -3.02. The van der Waals surface area contributed by atoms with Crippen LogP contribution in [0.4, 0.5) is 17.6 Å². The van der Waals surface area contributed by atoms with E-state index in [0.717, 1.165) is 0 Å². The number of aromatic nitrogens is 1. The Balaban J connectivity index is 3.49. The molecule has 0 radical (unpaired) electrons. The van der Waals surface area contributed by atoms with E-state index in [1.54, 1.807) is 14.8 Å². The van der Waals surface area contributed by atoms with E-state index in [1.807, 2.05) is 0 Å². The fourth-order valence-electron chi connectivity index (χ4n) is 0.984. The zero-order valence-corrected chi connectivity index (χ0v) is 10.8.